The van der Waals surface area contributed by atoms with Gasteiger partial charge in [0.15, 0.2) is 5.82 Å². The van der Waals surface area contributed by atoms with E-state index in [-0.39, 0.29) is 0 Å². The first-order valence-corrected chi connectivity index (χ1v) is 6.68. The van der Waals surface area contributed by atoms with E-state index in [0.29, 0.717) is 6.54 Å². The highest BCUT2D eigenvalue weighted by Gasteiger charge is 1.98. The van der Waals surface area contributed by atoms with Gasteiger partial charge in [0.25, 0.3) is 0 Å². The van der Waals surface area contributed by atoms with Gasteiger partial charge >= 0.3 is 0 Å². The number of aromatic nitrogens is 3. The van der Waals surface area contributed by atoms with Crippen molar-refractivity contribution in [3.63, 3.8) is 0 Å². The molecule has 0 aliphatic carbocycles. The highest BCUT2D eigenvalue weighted by atomic mass is 32.2. The van der Waals surface area contributed by atoms with E-state index in [2.05, 4.69) is 45.9 Å². The number of hydrogen-bond acceptors (Lipinski definition) is 4. The Morgan fingerprint density at radius 1 is 1.24 bits per heavy atom. The lowest BCUT2D eigenvalue weighted by Gasteiger charge is -2.03. The molecule has 1 heterocycles. The van der Waals surface area contributed by atoms with Crippen molar-refractivity contribution in [2.75, 3.05) is 6.26 Å². The van der Waals surface area contributed by atoms with E-state index in [1.54, 1.807) is 22.8 Å². The summed E-state index contributed by atoms with van der Waals surface area (Å²) in [4.78, 5) is 5.45. The summed E-state index contributed by atoms with van der Waals surface area (Å²) < 4.78 is 1.71. The molecule has 4 nitrogen and oxygen atoms in total. The number of aryl methyl sites for hydroxylation is 1. The van der Waals surface area contributed by atoms with Gasteiger partial charge in [-0.3, -0.25) is 4.68 Å². The standard InChI is InChI=1S/C12H16N4S/c1-16-9-14-12(15-16)8-13-7-10-3-5-11(17-2)6-4-10/h3-6,9,13H,7-8H2,1-2H3. The molecule has 0 aliphatic heterocycles. The lowest BCUT2D eigenvalue weighted by molar-refractivity contribution is 0.649. The maximum Gasteiger partial charge on any atom is 0.164 e. The molecule has 0 spiro atoms. The molecule has 2 aromatic rings. The summed E-state index contributed by atoms with van der Waals surface area (Å²) in [7, 11) is 1.87. The Balaban J connectivity index is 1.81. The third-order valence-corrected chi connectivity index (χ3v) is 3.16. The Morgan fingerprint density at radius 2 is 2.00 bits per heavy atom. The average Bonchev–Trinajstić information content (AvgIpc) is 2.76. The molecule has 1 aromatic heterocycles. The Morgan fingerprint density at radius 3 is 2.59 bits per heavy atom. The van der Waals surface area contributed by atoms with Crippen molar-refractivity contribution in [2.45, 2.75) is 18.0 Å². The molecule has 0 radical (unpaired) electrons. The van der Waals surface area contributed by atoms with E-state index in [0.717, 1.165) is 12.4 Å². The topological polar surface area (TPSA) is 42.7 Å². The molecule has 1 aromatic carbocycles. The van der Waals surface area contributed by atoms with Crippen LogP contribution in [0.25, 0.3) is 0 Å². The first-order chi connectivity index (χ1) is 8.28. The number of nitrogens with one attached hydrogen (secondary N) is 1. The van der Waals surface area contributed by atoms with Crippen LogP contribution in [-0.4, -0.2) is 21.0 Å². The SMILES string of the molecule is CSc1ccc(CNCc2ncn(C)n2)cc1. The molecule has 0 saturated carbocycles. The summed E-state index contributed by atoms with van der Waals surface area (Å²) >= 11 is 1.76. The first-order valence-electron chi connectivity index (χ1n) is 5.46. The summed E-state index contributed by atoms with van der Waals surface area (Å²) in [6.45, 7) is 1.54. The quantitative estimate of drug-likeness (QED) is 0.820. The van der Waals surface area contributed by atoms with Gasteiger partial charge in [-0.1, -0.05) is 12.1 Å². The predicted molar refractivity (Wildman–Crippen MR) is 69.8 cm³/mol. The molecule has 2 rings (SSSR count). The van der Waals surface area contributed by atoms with Crippen molar-refractivity contribution < 1.29 is 0 Å². The molecule has 0 unspecified atom stereocenters. The molecular weight excluding hydrogens is 232 g/mol. The van der Waals surface area contributed by atoms with Crippen LogP contribution >= 0.6 is 11.8 Å². The van der Waals surface area contributed by atoms with Gasteiger partial charge in [-0.2, -0.15) is 5.10 Å². The predicted octanol–water partition coefficient (Wildman–Crippen LogP) is 1.83. The first kappa shape index (κ1) is 12.1. The smallest absolute Gasteiger partial charge is 0.164 e. The minimum absolute atomic E-state index is 0.700. The molecular formula is C12H16N4S. The fourth-order valence-corrected chi connectivity index (χ4v) is 1.94. The number of nitrogens with zero attached hydrogens (tertiary/aromatic N) is 3. The van der Waals surface area contributed by atoms with Crippen molar-refractivity contribution in [3.8, 4) is 0 Å². The monoisotopic (exact) mass is 248 g/mol. The van der Waals surface area contributed by atoms with E-state index in [9.17, 15) is 0 Å². The fraction of sp³-hybridized carbons (Fsp3) is 0.333. The molecule has 0 atom stereocenters. The molecule has 0 aliphatic rings. The van der Waals surface area contributed by atoms with E-state index < -0.39 is 0 Å². The Hall–Kier alpha value is -1.33. The van der Waals surface area contributed by atoms with Crippen molar-refractivity contribution >= 4 is 11.8 Å². The van der Waals surface area contributed by atoms with Gasteiger partial charge in [0.2, 0.25) is 0 Å². The van der Waals surface area contributed by atoms with E-state index in [1.165, 1.54) is 10.5 Å². The van der Waals surface area contributed by atoms with Gasteiger partial charge in [0.05, 0.1) is 6.54 Å². The van der Waals surface area contributed by atoms with E-state index in [4.69, 9.17) is 0 Å². The summed E-state index contributed by atoms with van der Waals surface area (Å²) in [5, 5.41) is 7.53. The van der Waals surface area contributed by atoms with Gasteiger partial charge in [0, 0.05) is 18.5 Å². The number of thioether (sulfide) groups is 1. The lowest BCUT2D eigenvalue weighted by atomic mass is 10.2. The van der Waals surface area contributed by atoms with E-state index in [1.807, 2.05) is 7.05 Å². The average molecular weight is 248 g/mol. The van der Waals surface area contributed by atoms with Crippen LogP contribution in [0.5, 0.6) is 0 Å². The maximum atomic E-state index is 4.21. The van der Waals surface area contributed by atoms with Crippen LogP contribution in [0.3, 0.4) is 0 Å². The highest BCUT2D eigenvalue weighted by Crippen LogP contribution is 2.14. The number of hydrogen-bond donors (Lipinski definition) is 1. The molecule has 0 saturated heterocycles. The molecule has 0 amide bonds. The van der Waals surface area contributed by atoms with Crippen molar-refractivity contribution in [3.05, 3.63) is 42.0 Å². The summed E-state index contributed by atoms with van der Waals surface area (Å²) in [5.41, 5.74) is 1.28. The highest BCUT2D eigenvalue weighted by molar-refractivity contribution is 7.98. The number of rotatable bonds is 5. The van der Waals surface area contributed by atoms with Crippen LogP contribution in [0, 0.1) is 0 Å². The zero-order valence-corrected chi connectivity index (χ0v) is 10.9. The van der Waals surface area contributed by atoms with Crippen LogP contribution in [0.4, 0.5) is 0 Å². The van der Waals surface area contributed by atoms with Crippen molar-refractivity contribution in [1.29, 1.82) is 0 Å². The second-order valence-corrected chi connectivity index (χ2v) is 4.67. The van der Waals surface area contributed by atoms with Crippen LogP contribution in [0.15, 0.2) is 35.5 Å². The van der Waals surface area contributed by atoms with Gasteiger partial charge in [0.1, 0.15) is 6.33 Å². The molecule has 1 N–H and O–H groups in total. The zero-order chi connectivity index (χ0) is 12.1. The van der Waals surface area contributed by atoms with Crippen molar-refractivity contribution in [1.82, 2.24) is 20.1 Å². The molecule has 0 fully saturated rings. The summed E-state index contributed by atoms with van der Waals surface area (Å²) in [6.07, 6.45) is 3.80. The second-order valence-electron chi connectivity index (χ2n) is 3.79. The minimum Gasteiger partial charge on any atom is -0.306 e. The summed E-state index contributed by atoms with van der Waals surface area (Å²) in [5.74, 6) is 0.827. The summed E-state index contributed by atoms with van der Waals surface area (Å²) in [6, 6.07) is 8.57. The lowest BCUT2D eigenvalue weighted by Crippen LogP contribution is -2.13. The van der Waals surface area contributed by atoms with Gasteiger partial charge in [-0.05, 0) is 24.0 Å². The van der Waals surface area contributed by atoms with Crippen LogP contribution in [0.1, 0.15) is 11.4 Å². The minimum atomic E-state index is 0.700. The molecule has 5 heteroatoms. The normalized spacial score (nSPS) is 10.7. The zero-order valence-electron chi connectivity index (χ0n) is 10.1. The maximum absolute atomic E-state index is 4.21. The Kier molecular flexibility index (Phi) is 4.17. The van der Waals surface area contributed by atoms with Crippen LogP contribution in [-0.2, 0) is 20.1 Å². The van der Waals surface area contributed by atoms with Gasteiger partial charge in [-0.15, -0.1) is 11.8 Å². The third-order valence-electron chi connectivity index (χ3n) is 2.42. The van der Waals surface area contributed by atoms with E-state index >= 15 is 0 Å². The van der Waals surface area contributed by atoms with Crippen LogP contribution < -0.4 is 5.32 Å². The van der Waals surface area contributed by atoms with Crippen LogP contribution in [0.2, 0.25) is 0 Å². The molecule has 17 heavy (non-hydrogen) atoms. The Labute approximate surface area is 105 Å². The molecule has 90 valence electrons. The molecule has 0 bridgehead atoms. The van der Waals surface area contributed by atoms with Gasteiger partial charge < -0.3 is 5.32 Å². The third kappa shape index (κ3) is 3.57. The Bertz CT molecular complexity index is 464. The number of benzene rings is 1. The second kappa shape index (κ2) is 5.84. The van der Waals surface area contributed by atoms with Crippen molar-refractivity contribution in [2.24, 2.45) is 7.05 Å². The fourth-order valence-electron chi connectivity index (χ4n) is 1.53. The van der Waals surface area contributed by atoms with Gasteiger partial charge in [-0.25, -0.2) is 4.98 Å². The largest absolute Gasteiger partial charge is 0.306 e.